The number of hydrogen-bond donors (Lipinski definition) is 1. The normalized spacial score (nSPS) is 11.4. The molecule has 6 heteroatoms. The topological polar surface area (TPSA) is 95.7 Å². The highest BCUT2D eigenvalue weighted by molar-refractivity contribution is 6.03. The molecule has 0 aliphatic heterocycles. The number of rotatable bonds is 4. The molecule has 0 aromatic heterocycles. The van der Waals surface area contributed by atoms with Crippen molar-refractivity contribution in [1.29, 1.82) is 0 Å². The fraction of sp³-hybridized carbons (Fsp3) is 0.250. The van der Waals surface area contributed by atoms with Crippen LogP contribution in [-0.2, 0) is 14.3 Å². The van der Waals surface area contributed by atoms with Crippen LogP contribution in [0.3, 0.4) is 0 Å². The predicted octanol–water partition coefficient (Wildman–Crippen LogP) is 0.504. The van der Waals surface area contributed by atoms with Crippen molar-refractivity contribution < 1.29 is 23.9 Å². The minimum atomic E-state index is -1.07. The summed E-state index contributed by atoms with van der Waals surface area (Å²) in [5.41, 5.74) is 5.07. The molecule has 0 bridgehead atoms. The SMILES string of the molecule is COC(=O)c1ccccc1C(=O)OC(C)C(N)=O. The molecule has 0 fully saturated rings. The van der Waals surface area contributed by atoms with Crippen molar-refractivity contribution in [1.82, 2.24) is 0 Å². The van der Waals surface area contributed by atoms with Gasteiger partial charge in [0, 0.05) is 0 Å². The molecule has 0 saturated carbocycles. The average molecular weight is 251 g/mol. The summed E-state index contributed by atoms with van der Waals surface area (Å²) in [5.74, 6) is -2.23. The molecule has 1 atom stereocenters. The smallest absolute Gasteiger partial charge is 0.339 e. The van der Waals surface area contributed by atoms with Crippen LogP contribution in [0.2, 0.25) is 0 Å². The minimum absolute atomic E-state index is 0.0254. The van der Waals surface area contributed by atoms with E-state index >= 15 is 0 Å². The Labute approximate surface area is 104 Å². The van der Waals surface area contributed by atoms with Crippen LogP contribution < -0.4 is 5.73 Å². The van der Waals surface area contributed by atoms with E-state index in [1.54, 1.807) is 12.1 Å². The number of nitrogens with two attached hydrogens (primary N) is 1. The molecule has 0 radical (unpaired) electrons. The zero-order valence-corrected chi connectivity index (χ0v) is 10.0. The Balaban J connectivity index is 2.99. The summed E-state index contributed by atoms with van der Waals surface area (Å²) < 4.78 is 9.35. The van der Waals surface area contributed by atoms with Gasteiger partial charge in [0.15, 0.2) is 6.10 Å². The third kappa shape index (κ3) is 3.07. The summed E-state index contributed by atoms with van der Waals surface area (Å²) in [7, 11) is 1.20. The number of ether oxygens (including phenoxy) is 2. The summed E-state index contributed by atoms with van der Waals surface area (Å²) in [6, 6.07) is 5.98. The maximum Gasteiger partial charge on any atom is 0.339 e. The molecule has 0 aliphatic rings. The Hall–Kier alpha value is -2.37. The second-order valence-electron chi connectivity index (χ2n) is 3.49. The molecule has 0 heterocycles. The summed E-state index contributed by atoms with van der Waals surface area (Å²) in [5, 5.41) is 0. The molecule has 1 unspecified atom stereocenters. The van der Waals surface area contributed by atoms with Gasteiger partial charge >= 0.3 is 11.9 Å². The molecule has 0 saturated heterocycles. The third-order valence-electron chi connectivity index (χ3n) is 2.24. The summed E-state index contributed by atoms with van der Waals surface area (Å²) in [6.07, 6.45) is -1.07. The molecule has 0 spiro atoms. The summed E-state index contributed by atoms with van der Waals surface area (Å²) >= 11 is 0. The van der Waals surface area contributed by atoms with Crippen molar-refractivity contribution in [3.63, 3.8) is 0 Å². The van der Waals surface area contributed by atoms with Crippen molar-refractivity contribution in [3.05, 3.63) is 35.4 Å². The number of primary amides is 1. The molecular weight excluding hydrogens is 238 g/mol. The van der Waals surface area contributed by atoms with Gasteiger partial charge in [0.25, 0.3) is 5.91 Å². The van der Waals surface area contributed by atoms with Gasteiger partial charge in [0.2, 0.25) is 0 Å². The number of benzene rings is 1. The van der Waals surface area contributed by atoms with Crippen molar-refractivity contribution in [2.75, 3.05) is 7.11 Å². The molecular formula is C12H13NO5. The first kappa shape index (κ1) is 13.7. The maximum absolute atomic E-state index is 11.8. The van der Waals surface area contributed by atoms with Crippen LogP contribution in [0.15, 0.2) is 24.3 Å². The van der Waals surface area contributed by atoms with E-state index in [1.807, 2.05) is 0 Å². The van der Waals surface area contributed by atoms with Crippen molar-refractivity contribution in [2.24, 2.45) is 5.73 Å². The fourth-order valence-corrected chi connectivity index (χ4v) is 1.23. The maximum atomic E-state index is 11.8. The first-order valence-corrected chi connectivity index (χ1v) is 5.15. The summed E-state index contributed by atoms with van der Waals surface area (Å²) in [4.78, 5) is 34.0. The fourth-order valence-electron chi connectivity index (χ4n) is 1.23. The van der Waals surface area contributed by atoms with Gasteiger partial charge < -0.3 is 15.2 Å². The van der Waals surface area contributed by atoms with Gasteiger partial charge in [-0.3, -0.25) is 4.79 Å². The second-order valence-corrected chi connectivity index (χ2v) is 3.49. The predicted molar refractivity (Wildman–Crippen MR) is 61.9 cm³/mol. The lowest BCUT2D eigenvalue weighted by Gasteiger charge is -2.11. The molecule has 0 aliphatic carbocycles. The van der Waals surface area contributed by atoms with Gasteiger partial charge in [-0.25, -0.2) is 9.59 Å². The Morgan fingerprint density at radius 3 is 2.06 bits per heavy atom. The molecule has 1 rings (SSSR count). The average Bonchev–Trinajstić information content (AvgIpc) is 2.37. The van der Waals surface area contributed by atoms with Gasteiger partial charge in [-0.1, -0.05) is 12.1 Å². The Bertz CT molecular complexity index is 483. The monoisotopic (exact) mass is 251 g/mol. The second kappa shape index (κ2) is 5.81. The summed E-state index contributed by atoms with van der Waals surface area (Å²) in [6.45, 7) is 1.35. The molecule has 1 aromatic carbocycles. The van der Waals surface area contributed by atoms with E-state index in [9.17, 15) is 14.4 Å². The van der Waals surface area contributed by atoms with Crippen LogP contribution in [0, 0.1) is 0 Å². The highest BCUT2D eigenvalue weighted by Crippen LogP contribution is 2.12. The Morgan fingerprint density at radius 2 is 1.61 bits per heavy atom. The van der Waals surface area contributed by atoms with Gasteiger partial charge in [-0.15, -0.1) is 0 Å². The minimum Gasteiger partial charge on any atom is -0.465 e. The van der Waals surface area contributed by atoms with Crippen LogP contribution in [0.1, 0.15) is 27.6 Å². The highest BCUT2D eigenvalue weighted by Gasteiger charge is 2.21. The largest absolute Gasteiger partial charge is 0.465 e. The van der Waals surface area contributed by atoms with Gasteiger partial charge in [0.05, 0.1) is 18.2 Å². The van der Waals surface area contributed by atoms with Gasteiger partial charge in [-0.05, 0) is 19.1 Å². The highest BCUT2D eigenvalue weighted by atomic mass is 16.5. The molecule has 1 aromatic rings. The Kier molecular flexibility index (Phi) is 4.42. The van der Waals surface area contributed by atoms with E-state index in [-0.39, 0.29) is 11.1 Å². The van der Waals surface area contributed by atoms with E-state index in [0.717, 1.165) is 0 Å². The number of methoxy groups -OCH3 is 1. The number of carbonyl (C=O) groups excluding carboxylic acids is 3. The number of hydrogen-bond acceptors (Lipinski definition) is 5. The molecule has 6 nitrogen and oxygen atoms in total. The van der Waals surface area contributed by atoms with E-state index in [2.05, 4.69) is 4.74 Å². The van der Waals surface area contributed by atoms with Crippen LogP contribution in [-0.4, -0.2) is 31.1 Å². The first-order chi connectivity index (χ1) is 8.47. The van der Waals surface area contributed by atoms with Gasteiger partial charge in [-0.2, -0.15) is 0 Å². The van der Waals surface area contributed by atoms with Crippen LogP contribution in [0.4, 0.5) is 0 Å². The van der Waals surface area contributed by atoms with E-state index in [4.69, 9.17) is 10.5 Å². The molecule has 1 amide bonds. The van der Waals surface area contributed by atoms with Crippen LogP contribution in [0.25, 0.3) is 0 Å². The van der Waals surface area contributed by atoms with Crippen LogP contribution in [0.5, 0.6) is 0 Å². The zero-order valence-electron chi connectivity index (χ0n) is 10.0. The van der Waals surface area contributed by atoms with E-state index < -0.39 is 23.9 Å². The number of carbonyl (C=O) groups is 3. The lowest BCUT2D eigenvalue weighted by molar-refractivity contribution is -0.125. The lowest BCUT2D eigenvalue weighted by Crippen LogP contribution is -2.31. The molecule has 2 N–H and O–H groups in total. The molecule has 96 valence electrons. The quantitative estimate of drug-likeness (QED) is 0.786. The Morgan fingerprint density at radius 1 is 1.11 bits per heavy atom. The van der Waals surface area contributed by atoms with Crippen molar-refractivity contribution in [3.8, 4) is 0 Å². The van der Waals surface area contributed by atoms with Gasteiger partial charge in [0.1, 0.15) is 0 Å². The van der Waals surface area contributed by atoms with Crippen LogP contribution >= 0.6 is 0 Å². The number of amides is 1. The van der Waals surface area contributed by atoms with E-state index in [1.165, 1.54) is 26.2 Å². The zero-order chi connectivity index (χ0) is 13.7. The number of esters is 2. The first-order valence-electron chi connectivity index (χ1n) is 5.15. The van der Waals surface area contributed by atoms with Crippen molar-refractivity contribution >= 4 is 17.8 Å². The van der Waals surface area contributed by atoms with Crippen molar-refractivity contribution in [2.45, 2.75) is 13.0 Å². The standard InChI is InChI=1S/C12H13NO5/c1-7(10(13)14)18-12(16)9-6-4-3-5-8(9)11(15)17-2/h3-7H,1-2H3,(H2,13,14). The third-order valence-corrected chi connectivity index (χ3v) is 2.24. The molecule has 18 heavy (non-hydrogen) atoms. The lowest BCUT2D eigenvalue weighted by atomic mass is 10.1. The van der Waals surface area contributed by atoms with E-state index in [0.29, 0.717) is 0 Å².